The Kier molecular flexibility index (Phi) is 3.91. The van der Waals surface area contributed by atoms with E-state index in [4.69, 9.17) is 4.74 Å². The number of rotatable bonds is 4. The number of nitrogens with zero attached hydrogens (tertiary/aromatic N) is 2. The number of benzene rings is 1. The summed E-state index contributed by atoms with van der Waals surface area (Å²) in [6.45, 7) is 2.07. The van der Waals surface area contributed by atoms with Crippen molar-refractivity contribution in [1.82, 2.24) is 20.2 Å². The Hall–Kier alpha value is -3.22. The summed E-state index contributed by atoms with van der Waals surface area (Å²) < 4.78 is 5.37. The van der Waals surface area contributed by atoms with E-state index < -0.39 is 11.2 Å². The summed E-state index contributed by atoms with van der Waals surface area (Å²) in [5, 5.41) is 8.20. The van der Waals surface area contributed by atoms with Crippen molar-refractivity contribution in [2.24, 2.45) is 0 Å². The first kappa shape index (κ1) is 16.3. The van der Waals surface area contributed by atoms with E-state index in [9.17, 15) is 9.59 Å². The molecule has 7 nitrogen and oxygen atoms in total. The largest absolute Gasteiger partial charge is 0.480 e. The molecule has 0 bridgehead atoms. The molecule has 0 amide bonds. The van der Waals surface area contributed by atoms with Crippen molar-refractivity contribution in [2.75, 3.05) is 7.11 Å². The van der Waals surface area contributed by atoms with Crippen molar-refractivity contribution in [3.63, 3.8) is 0 Å². The summed E-state index contributed by atoms with van der Waals surface area (Å²) in [5.41, 5.74) is 3.07. The van der Waals surface area contributed by atoms with Gasteiger partial charge in [0.25, 0.3) is 5.56 Å². The monoisotopic (exact) mass is 350 g/mol. The third-order valence-electron chi connectivity index (χ3n) is 4.77. The maximum absolute atomic E-state index is 12.0. The second-order valence-electron chi connectivity index (χ2n) is 6.54. The fourth-order valence-corrected chi connectivity index (χ4v) is 3.27. The summed E-state index contributed by atoms with van der Waals surface area (Å²) >= 11 is 0. The lowest BCUT2D eigenvalue weighted by Crippen LogP contribution is -2.23. The van der Waals surface area contributed by atoms with Crippen molar-refractivity contribution in [1.29, 1.82) is 0 Å². The molecule has 4 rings (SSSR count). The zero-order valence-corrected chi connectivity index (χ0v) is 14.4. The number of aromatic nitrogens is 4. The van der Waals surface area contributed by atoms with Crippen molar-refractivity contribution in [3.8, 4) is 17.1 Å². The molecule has 2 N–H and O–H groups in total. The van der Waals surface area contributed by atoms with Gasteiger partial charge in [0, 0.05) is 11.8 Å². The average molecular weight is 350 g/mol. The highest BCUT2D eigenvalue weighted by Crippen LogP contribution is 2.56. The smallest absolute Gasteiger partial charge is 0.325 e. The van der Waals surface area contributed by atoms with E-state index in [1.165, 1.54) is 17.3 Å². The maximum atomic E-state index is 12.0. The first-order chi connectivity index (χ1) is 12.6. The van der Waals surface area contributed by atoms with Gasteiger partial charge in [0.1, 0.15) is 5.69 Å². The van der Waals surface area contributed by atoms with Crippen LogP contribution in [0.2, 0.25) is 0 Å². The first-order valence-electron chi connectivity index (χ1n) is 8.37. The van der Waals surface area contributed by atoms with Crippen LogP contribution in [0.5, 0.6) is 5.88 Å². The number of H-pyrrole nitrogens is 2. The third kappa shape index (κ3) is 2.92. The van der Waals surface area contributed by atoms with Gasteiger partial charge in [0.05, 0.1) is 12.7 Å². The molecular weight excluding hydrogens is 332 g/mol. The number of hydrogen-bond donors (Lipinski definition) is 2. The molecule has 0 saturated heterocycles. The lowest BCUT2D eigenvalue weighted by Gasteiger charge is -2.09. The average Bonchev–Trinajstić information content (AvgIpc) is 3.42. The van der Waals surface area contributed by atoms with E-state index in [1.807, 2.05) is 6.07 Å². The molecule has 0 spiro atoms. The Morgan fingerprint density at radius 1 is 1.12 bits per heavy atom. The number of aryl methyl sites for hydroxylation is 1. The molecular formula is C19H18N4O3. The molecule has 0 unspecified atom stereocenters. The Labute approximate surface area is 149 Å². The van der Waals surface area contributed by atoms with E-state index >= 15 is 0 Å². The first-order valence-corrected chi connectivity index (χ1v) is 8.37. The molecule has 1 fully saturated rings. The summed E-state index contributed by atoms with van der Waals surface area (Å²) in [4.78, 5) is 27.9. The number of hydrogen-bond acceptors (Lipinski definition) is 5. The fraction of sp³-hybridized carbons (Fsp3) is 0.263. The second kappa shape index (κ2) is 6.25. The van der Waals surface area contributed by atoms with Gasteiger partial charge in [-0.25, -0.2) is 4.79 Å². The quantitative estimate of drug-likeness (QED) is 0.750. The highest BCUT2D eigenvalue weighted by atomic mass is 16.5. The molecule has 0 radical (unpaired) electrons. The molecule has 1 aliphatic rings. The Balaban J connectivity index is 1.71. The Morgan fingerprint density at radius 2 is 1.88 bits per heavy atom. The van der Waals surface area contributed by atoms with Gasteiger partial charge in [-0.1, -0.05) is 29.8 Å². The van der Waals surface area contributed by atoms with Crippen molar-refractivity contribution in [2.45, 2.75) is 25.2 Å². The summed E-state index contributed by atoms with van der Waals surface area (Å²) in [7, 11) is 1.56. The second-order valence-corrected chi connectivity index (χ2v) is 6.54. The minimum Gasteiger partial charge on any atom is -0.480 e. The molecule has 132 valence electrons. The van der Waals surface area contributed by atoms with Crippen molar-refractivity contribution >= 4 is 0 Å². The van der Waals surface area contributed by atoms with Gasteiger partial charge < -0.3 is 9.72 Å². The van der Waals surface area contributed by atoms with Gasteiger partial charge in [-0.2, -0.15) is 0 Å². The van der Waals surface area contributed by atoms with E-state index in [-0.39, 0.29) is 11.5 Å². The van der Waals surface area contributed by atoms with Crippen LogP contribution in [0.25, 0.3) is 11.3 Å². The maximum Gasteiger partial charge on any atom is 0.325 e. The summed E-state index contributed by atoms with van der Waals surface area (Å²) in [6.07, 6.45) is 2.35. The number of aromatic amines is 2. The summed E-state index contributed by atoms with van der Waals surface area (Å²) in [6, 6.07) is 10.3. The predicted molar refractivity (Wildman–Crippen MR) is 96.5 cm³/mol. The standard InChI is InChI=1S/C19H18N4O3/c1-10-3-5-11(6-4-10)12-7-13(12)14-8-16(22-23-18(14)26-2)15-9-20-19(25)21-17(15)24/h3-6,8-9,12-13H,7H2,1-2H3,(H2,20,21,24,25)/t12-,13+/m1/s1. The molecule has 3 aromatic rings. The van der Waals surface area contributed by atoms with E-state index in [0.717, 1.165) is 12.0 Å². The number of methoxy groups -OCH3 is 1. The Morgan fingerprint density at radius 3 is 2.58 bits per heavy atom. The van der Waals surface area contributed by atoms with E-state index in [1.54, 1.807) is 7.11 Å². The highest BCUT2D eigenvalue weighted by Gasteiger charge is 2.42. The van der Waals surface area contributed by atoms with Crippen LogP contribution in [-0.2, 0) is 0 Å². The van der Waals surface area contributed by atoms with Gasteiger partial charge in [0.15, 0.2) is 0 Å². The van der Waals surface area contributed by atoms with Crippen LogP contribution in [0.4, 0.5) is 0 Å². The number of ether oxygens (including phenoxy) is 1. The van der Waals surface area contributed by atoms with Gasteiger partial charge in [-0.15, -0.1) is 10.2 Å². The van der Waals surface area contributed by atoms with Crippen LogP contribution in [0.15, 0.2) is 46.1 Å². The zero-order chi connectivity index (χ0) is 18.3. The third-order valence-corrected chi connectivity index (χ3v) is 4.77. The van der Waals surface area contributed by atoms with Crippen LogP contribution in [0, 0.1) is 6.92 Å². The molecule has 1 saturated carbocycles. The van der Waals surface area contributed by atoms with Crippen LogP contribution in [-0.4, -0.2) is 27.3 Å². The molecule has 0 aliphatic heterocycles. The molecule has 7 heteroatoms. The minimum atomic E-state index is -0.554. The molecule has 2 heterocycles. The van der Waals surface area contributed by atoms with E-state index in [0.29, 0.717) is 17.5 Å². The predicted octanol–water partition coefficient (Wildman–Crippen LogP) is 2.11. The fourth-order valence-electron chi connectivity index (χ4n) is 3.27. The molecule has 1 aromatic carbocycles. The normalized spacial score (nSPS) is 18.5. The van der Waals surface area contributed by atoms with E-state index in [2.05, 4.69) is 51.4 Å². The Bertz CT molecular complexity index is 1070. The SMILES string of the molecule is COc1nnc(-c2c[nH]c(=O)[nH]c2=O)cc1[C@H]1C[C@@H]1c1ccc(C)cc1. The molecule has 2 atom stereocenters. The molecule has 1 aliphatic carbocycles. The van der Waals surface area contributed by atoms with Gasteiger partial charge >= 0.3 is 5.69 Å². The minimum absolute atomic E-state index is 0.267. The zero-order valence-electron chi connectivity index (χ0n) is 14.4. The van der Waals surface area contributed by atoms with Crippen LogP contribution < -0.4 is 16.0 Å². The van der Waals surface area contributed by atoms with Crippen LogP contribution >= 0.6 is 0 Å². The van der Waals surface area contributed by atoms with Crippen LogP contribution in [0.1, 0.15) is 34.9 Å². The van der Waals surface area contributed by atoms with Gasteiger partial charge in [-0.3, -0.25) is 9.78 Å². The lowest BCUT2D eigenvalue weighted by atomic mass is 10.0. The highest BCUT2D eigenvalue weighted by molar-refractivity contribution is 5.59. The van der Waals surface area contributed by atoms with Crippen LogP contribution in [0.3, 0.4) is 0 Å². The summed E-state index contributed by atoms with van der Waals surface area (Å²) in [5.74, 6) is 1.13. The van der Waals surface area contributed by atoms with Gasteiger partial charge in [0.2, 0.25) is 5.88 Å². The van der Waals surface area contributed by atoms with Gasteiger partial charge in [-0.05, 0) is 36.8 Å². The molecule has 2 aromatic heterocycles. The molecule has 26 heavy (non-hydrogen) atoms. The van der Waals surface area contributed by atoms with Crippen molar-refractivity contribution in [3.05, 3.63) is 74.1 Å². The number of nitrogens with one attached hydrogen (secondary N) is 2. The lowest BCUT2D eigenvalue weighted by molar-refractivity contribution is 0.386. The van der Waals surface area contributed by atoms with Crippen molar-refractivity contribution < 1.29 is 4.74 Å². The topological polar surface area (TPSA) is 101 Å².